The predicted octanol–water partition coefficient (Wildman–Crippen LogP) is 1.59. The van der Waals surface area contributed by atoms with Gasteiger partial charge in [-0.15, -0.1) is 0 Å². The Balaban J connectivity index is 1.78. The van der Waals surface area contributed by atoms with E-state index >= 15 is 0 Å². The largest absolute Gasteiger partial charge is 0.467 e. The molecule has 2 heterocycles. The highest BCUT2D eigenvalue weighted by atomic mass is 16.5. The van der Waals surface area contributed by atoms with E-state index in [1.807, 2.05) is 0 Å². The minimum Gasteiger partial charge on any atom is -0.467 e. The summed E-state index contributed by atoms with van der Waals surface area (Å²) >= 11 is 0. The summed E-state index contributed by atoms with van der Waals surface area (Å²) in [5.74, 6) is 1.05. The molecule has 0 radical (unpaired) electrons. The van der Waals surface area contributed by atoms with Crippen LogP contribution in [0.3, 0.4) is 0 Å². The number of rotatable bonds is 3. The molecule has 0 atom stereocenters. The van der Waals surface area contributed by atoms with Gasteiger partial charge in [0.05, 0.1) is 12.8 Å². The molecule has 0 aliphatic rings. The Morgan fingerprint density at radius 2 is 2.33 bits per heavy atom. The third-order valence-corrected chi connectivity index (χ3v) is 1.68. The fraction of sp³-hybridized carbons (Fsp3) is 0.111. The van der Waals surface area contributed by atoms with Crippen molar-refractivity contribution in [2.75, 3.05) is 5.32 Å². The molecule has 2 aromatic heterocycles. The quantitative estimate of drug-likeness (QED) is 0.800. The highest BCUT2D eigenvalue weighted by molar-refractivity contribution is 5.87. The van der Waals surface area contributed by atoms with Gasteiger partial charge in [0.1, 0.15) is 12.0 Å². The summed E-state index contributed by atoms with van der Waals surface area (Å²) in [4.78, 5) is 11.3. The van der Waals surface area contributed by atoms with Crippen LogP contribution < -0.4 is 10.6 Å². The number of aromatic nitrogens is 1. The Morgan fingerprint density at radius 1 is 1.40 bits per heavy atom. The van der Waals surface area contributed by atoms with Crippen molar-refractivity contribution in [3.63, 3.8) is 0 Å². The number of nitrogens with zero attached hydrogens (tertiary/aromatic N) is 1. The molecule has 0 fully saturated rings. The maximum Gasteiger partial charge on any atom is 0.320 e. The molecule has 0 aliphatic carbocycles. The minimum atomic E-state index is -0.361. The molecule has 6 heteroatoms. The molecule has 0 unspecified atom stereocenters. The molecular formula is C9H9N3O3. The topological polar surface area (TPSA) is 80.3 Å². The fourth-order valence-electron chi connectivity index (χ4n) is 1.02. The lowest BCUT2D eigenvalue weighted by Gasteiger charge is -2.02. The Hall–Kier alpha value is -2.24. The van der Waals surface area contributed by atoms with E-state index in [-0.39, 0.29) is 6.03 Å². The Labute approximate surface area is 85.2 Å². The van der Waals surface area contributed by atoms with Crippen LogP contribution in [0, 0.1) is 0 Å². The van der Waals surface area contributed by atoms with Gasteiger partial charge in [-0.2, -0.15) is 0 Å². The molecule has 2 N–H and O–H groups in total. The predicted molar refractivity (Wildman–Crippen MR) is 51.1 cm³/mol. The van der Waals surface area contributed by atoms with Crippen LogP contribution >= 0.6 is 0 Å². The second-order valence-corrected chi connectivity index (χ2v) is 2.77. The van der Waals surface area contributed by atoms with E-state index in [2.05, 4.69) is 20.3 Å². The number of carbonyl (C=O) groups is 1. The van der Waals surface area contributed by atoms with Crippen molar-refractivity contribution < 1.29 is 13.7 Å². The van der Waals surface area contributed by atoms with Gasteiger partial charge in [-0.3, -0.25) is 5.32 Å². The van der Waals surface area contributed by atoms with E-state index in [1.165, 1.54) is 6.26 Å². The Bertz CT molecular complexity index is 408. The van der Waals surface area contributed by atoms with Gasteiger partial charge in [-0.1, -0.05) is 5.16 Å². The normalized spacial score (nSPS) is 9.87. The van der Waals surface area contributed by atoms with Crippen LogP contribution in [0.4, 0.5) is 10.6 Å². The maximum absolute atomic E-state index is 11.3. The van der Waals surface area contributed by atoms with E-state index in [4.69, 9.17) is 4.42 Å². The number of furan rings is 1. The van der Waals surface area contributed by atoms with E-state index in [1.54, 1.807) is 24.5 Å². The Kier molecular flexibility index (Phi) is 2.68. The van der Waals surface area contributed by atoms with Crippen molar-refractivity contribution in [1.82, 2.24) is 10.5 Å². The van der Waals surface area contributed by atoms with Gasteiger partial charge >= 0.3 is 6.03 Å². The van der Waals surface area contributed by atoms with Gasteiger partial charge in [-0.05, 0) is 12.1 Å². The van der Waals surface area contributed by atoms with Crippen molar-refractivity contribution in [3.05, 3.63) is 36.5 Å². The fourth-order valence-corrected chi connectivity index (χ4v) is 1.02. The van der Waals surface area contributed by atoms with Crippen molar-refractivity contribution in [3.8, 4) is 0 Å². The number of urea groups is 1. The summed E-state index contributed by atoms with van der Waals surface area (Å²) in [5, 5.41) is 8.62. The molecule has 2 aromatic rings. The van der Waals surface area contributed by atoms with Crippen LogP contribution in [0.2, 0.25) is 0 Å². The number of anilines is 1. The molecule has 0 saturated heterocycles. The second-order valence-electron chi connectivity index (χ2n) is 2.77. The van der Waals surface area contributed by atoms with Crippen LogP contribution in [0.1, 0.15) is 5.76 Å². The first-order chi connectivity index (χ1) is 7.34. The lowest BCUT2D eigenvalue weighted by molar-refractivity contribution is 0.250. The first kappa shape index (κ1) is 9.32. The second kappa shape index (κ2) is 4.32. The van der Waals surface area contributed by atoms with E-state index in [9.17, 15) is 4.79 Å². The minimum absolute atomic E-state index is 0.330. The van der Waals surface area contributed by atoms with Crippen molar-refractivity contribution in [2.24, 2.45) is 0 Å². The van der Waals surface area contributed by atoms with Gasteiger partial charge < -0.3 is 14.3 Å². The first-order valence-corrected chi connectivity index (χ1v) is 4.32. The molecule has 0 saturated carbocycles. The average Bonchev–Trinajstić information content (AvgIpc) is 2.86. The number of hydrogen-bond donors (Lipinski definition) is 2. The van der Waals surface area contributed by atoms with E-state index in [0.29, 0.717) is 18.1 Å². The van der Waals surface area contributed by atoms with Crippen molar-refractivity contribution in [1.29, 1.82) is 0 Å². The van der Waals surface area contributed by atoms with Gasteiger partial charge in [-0.25, -0.2) is 4.79 Å². The van der Waals surface area contributed by atoms with E-state index < -0.39 is 0 Å². The third kappa shape index (κ3) is 2.60. The third-order valence-electron chi connectivity index (χ3n) is 1.68. The van der Waals surface area contributed by atoms with E-state index in [0.717, 1.165) is 0 Å². The molecule has 2 rings (SSSR count). The average molecular weight is 207 g/mol. The lowest BCUT2D eigenvalue weighted by Crippen LogP contribution is -2.28. The summed E-state index contributed by atoms with van der Waals surface area (Å²) < 4.78 is 9.60. The van der Waals surface area contributed by atoms with Gasteiger partial charge in [0, 0.05) is 6.07 Å². The standard InChI is InChI=1S/C9H9N3O3/c13-9(11-8-3-5-15-12-8)10-6-7-2-1-4-14-7/h1-5H,6H2,(H2,10,11,12,13). The molecule has 0 aromatic carbocycles. The lowest BCUT2D eigenvalue weighted by atomic mass is 10.4. The van der Waals surface area contributed by atoms with Crippen molar-refractivity contribution in [2.45, 2.75) is 6.54 Å². The molecule has 6 nitrogen and oxygen atoms in total. The summed E-state index contributed by atoms with van der Waals surface area (Å²) in [6.07, 6.45) is 2.93. The highest BCUT2D eigenvalue weighted by Gasteiger charge is 2.03. The Morgan fingerprint density at radius 3 is 3.00 bits per heavy atom. The van der Waals surface area contributed by atoms with Crippen LogP contribution in [-0.2, 0) is 6.54 Å². The number of amides is 2. The molecule has 2 amide bonds. The number of carbonyl (C=O) groups excluding carboxylic acids is 1. The van der Waals surface area contributed by atoms with Gasteiger partial charge in [0.25, 0.3) is 0 Å². The summed E-state index contributed by atoms with van der Waals surface area (Å²) in [5.41, 5.74) is 0. The molecule has 0 aliphatic heterocycles. The molecular weight excluding hydrogens is 198 g/mol. The number of hydrogen-bond acceptors (Lipinski definition) is 4. The first-order valence-electron chi connectivity index (χ1n) is 4.32. The molecule has 78 valence electrons. The SMILES string of the molecule is O=C(NCc1ccco1)Nc1ccon1. The van der Waals surface area contributed by atoms with Crippen LogP contribution in [0.25, 0.3) is 0 Å². The molecule has 0 spiro atoms. The maximum atomic E-state index is 11.3. The van der Waals surface area contributed by atoms with Gasteiger partial charge in [0.2, 0.25) is 0 Å². The smallest absolute Gasteiger partial charge is 0.320 e. The molecule has 15 heavy (non-hydrogen) atoms. The summed E-state index contributed by atoms with van der Waals surface area (Å²) in [7, 11) is 0. The highest BCUT2D eigenvalue weighted by Crippen LogP contribution is 2.01. The van der Waals surface area contributed by atoms with Crippen LogP contribution in [-0.4, -0.2) is 11.2 Å². The summed E-state index contributed by atoms with van der Waals surface area (Å²) in [6, 6.07) is 4.72. The monoisotopic (exact) mass is 207 g/mol. The zero-order valence-electron chi connectivity index (χ0n) is 7.77. The van der Waals surface area contributed by atoms with Crippen LogP contribution in [0.15, 0.2) is 39.7 Å². The van der Waals surface area contributed by atoms with Crippen LogP contribution in [0.5, 0.6) is 0 Å². The summed E-state index contributed by atoms with van der Waals surface area (Å²) in [6.45, 7) is 0.330. The molecule has 0 bridgehead atoms. The van der Waals surface area contributed by atoms with Gasteiger partial charge in [0.15, 0.2) is 5.82 Å². The zero-order valence-corrected chi connectivity index (χ0v) is 7.77. The number of nitrogens with one attached hydrogen (secondary N) is 2. The zero-order chi connectivity index (χ0) is 10.5. The van der Waals surface area contributed by atoms with Crippen molar-refractivity contribution >= 4 is 11.8 Å².